The molecule has 0 N–H and O–H groups in total. The van der Waals surface area contributed by atoms with Crippen LogP contribution in [0.5, 0.6) is 0 Å². The van der Waals surface area contributed by atoms with Gasteiger partial charge in [-0.05, 0) is 126 Å². The highest BCUT2D eigenvalue weighted by Gasteiger charge is 2.38. The van der Waals surface area contributed by atoms with E-state index in [1.54, 1.807) is 0 Å². The van der Waals surface area contributed by atoms with Crippen LogP contribution in [0.2, 0.25) is 0 Å². The molecule has 8 aromatic carbocycles. The fourth-order valence-electron chi connectivity index (χ4n) is 10.7. The average Bonchev–Trinajstić information content (AvgIpc) is 3.47. The fraction of sp³-hybridized carbons (Fsp3) is 0.100. The lowest BCUT2D eigenvalue weighted by Gasteiger charge is -2.29. The van der Waals surface area contributed by atoms with Crippen molar-refractivity contribution >= 4 is 70.6 Å². The van der Waals surface area contributed by atoms with Gasteiger partial charge in [0.15, 0.2) is 0 Å². The Labute approximate surface area is 365 Å². The second-order valence-corrected chi connectivity index (χ2v) is 18.2. The lowest BCUT2D eigenvalue weighted by Crippen LogP contribution is -2.17. The zero-order valence-electron chi connectivity index (χ0n) is 35.5. The SMILES string of the molecule is CC1(C)c2cc(C=Cc3ccc4c(c3)C(C)(C)c3cc(N5c6ccccc6C=Cc6ccccc65)ccc3-4)ccc2-c2ccc(N3c4ccccc4C=Cc4ccccc43)cc21. The van der Waals surface area contributed by atoms with Gasteiger partial charge in [0.1, 0.15) is 0 Å². The largest absolute Gasteiger partial charge is 0.309 e. The van der Waals surface area contributed by atoms with E-state index >= 15 is 0 Å². The number of anilines is 6. The molecule has 8 aromatic rings. The molecule has 0 radical (unpaired) electrons. The van der Waals surface area contributed by atoms with Crippen LogP contribution in [-0.4, -0.2) is 0 Å². The summed E-state index contributed by atoms with van der Waals surface area (Å²) in [5.41, 5.74) is 24.9. The van der Waals surface area contributed by atoms with Crippen LogP contribution in [0.4, 0.5) is 34.1 Å². The Balaban J connectivity index is 0.851. The third-order valence-corrected chi connectivity index (χ3v) is 13.9. The molecule has 0 amide bonds. The Morgan fingerprint density at radius 2 is 0.613 bits per heavy atom. The summed E-state index contributed by atoms with van der Waals surface area (Å²) in [6.45, 7) is 9.53. The zero-order valence-corrected chi connectivity index (χ0v) is 35.5. The van der Waals surface area contributed by atoms with Crippen molar-refractivity contribution in [1.82, 2.24) is 0 Å². The second kappa shape index (κ2) is 13.5. The van der Waals surface area contributed by atoms with Gasteiger partial charge in [-0.15, -0.1) is 0 Å². The standard InChI is InChI=1S/C60H46N2/c1-59(2)51-35-39(23-31-47(51)49-33-29-45(37-53(49)59)61-55-17-9-5-13-41(55)25-26-42-14-6-10-18-56(42)61)21-22-40-24-32-48-50-34-30-46(38-54(50)60(3,4)52(48)36-40)62-57-19-11-7-15-43(57)27-28-44-16-8-12-20-58(44)62/h5-38H,1-4H3. The molecule has 2 nitrogen and oxygen atoms in total. The Bertz CT molecular complexity index is 2950. The summed E-state index contributed by atoms with van der Waals surface area (Å²) < 4.78 is 0. The molecule has 296 valence electrons. The lowest BCUT2D eigenvalue weighted by molar-refractivity contribution is 0.660. The molecule has 0 fully saturated rings. The van der Waals surface area contributed by atoms with E-state index in [2.05, 4.69) is 244 Å². The first-order valence-electron chi connectivity index (χ1n) is 21.8. The molecule has 0 bridgehead atoms. The maximum absolute atomic E-state index is 2.43. The van der Waals surface area contributed by atoms with Gasteiger partial charge in [0, 0.05) is 22.2 Å². The third-order valence-electron chi connectivity index (χ3n) is 13.9. The van der Waals surface area contributed by atoms with Crippen LogP contribution in [0, 0.1) is 0 Å². The lowest BCUT2D eigenvalue weighted by atomic mass is 9.81. The number of fused-ring (bicyclic) bond motifs is 10. The molecule has 2 heterocycles. The van der Waals surface area contributed by atoms with Gasteiger partial charge in [-0.1, -0.05) is 185 Å². The first-order valence-corrected chi connectivity index (χ1v) is 21.8. The number of hydrogen-bond acceptors (Lipinski definition) is 2. The van der Waals surface area contributed by atoms with Crippen molar-refractivity contribution in [2.24, 2.45) is 0 Å². The minimum Gasteiger partial charge on any atom is -0.309 e. The maximum Gasteiger partial charge on any atom is 0.0534 e. The van der Waals surface area contributed by atoms with Crippen molar-refractivity contribution in [3.05, 3.63) is 225 Å². The van der Waals surface area contributed by atoms with Crippen molar-refractivity contribution in [3.8, 4) is 22.3 Å². The minimum absolute atomic E-state index is 0.163. The Hall–Kier alpha value is -7.42. The summed E-state index contributed by atoms with van der Waals surface area (Å²) in [7, 11) is 0. The molecule has 62 heavy (non-hydrogen) atoms. The van der Waals surface area contributed by atoms with Crippen LogP contribution >= 0.6 is 0 Å². The molecular formula is C60H46N2. The van der Waals surface area contributed by atoms with E-state index in [9.17, 15) is 0 Å². The van der Waals surface area contributed by atoms with E-state index in [0.717, 1.165) is 0 Å². The van der Waals surface area contributed by atoms with Gasteiger partial charge >= 0.3 is 0 Å². The van der Waals surface area contributed by atoms with Crippen molar-refractivity contribution in [2.75, 3.05) is 9.80 Å². The number of hydrogen-bond donors (Lipinski definition) is 0. The third kappa shape index (κ3) is 5.49. The molecule has 4 aliphatic rings. The van der Waals surface area contributed by atoms with Crippen LogP contribution in [0.1, 0.15) is 83.3 Å². The summed E-state index contributed by atoms with van der Waals surface area (Å²) in [4.78, 5) is 4.86. The number of para-hydroxylation sites is 4. The molecule has 0 unspecified atom stereocenters. The first-order chi connectivity index (χ1) is 30.2. The van der Waals surface area contributed by atoms with Crippen LogP contribution in [0.15, 0.2) is 170 Å². The molecule has 12 rings (SSSR count). The maximum atomic E-state index is 2.43. The Morgan fingerprint density at radius 3 is 0.952 bits per heavy atom. The summed E-state index contributed by atoms with van der Waals surface area (Å²) in [6.07, 6.45) is 13.5. The van der Waals surface area contributed by atoms with Crippen LogP contribution in [-0.2, 0) is 10.8 Å². The topological polar surface area (TPSA) is 6.48 Å². The highest BCUT2D eigenvalue weighted by Crippen LogP contribution is 2.54. The Kier molecular flexibility index (Phi) is 7.96. The normalized spacial score (nSPS) is 15.4. The summed E-state index contributed by atoms with van der Waals surface area (Å²) in [5, 5.41) is 0. The van der Waals surface area contributed by atoms with Gasteiger partial charge in [0.05, 0.1) is 22.7 Å². The van der Waals surface area contributed by atoms with Gasteiger partial charge in [-0.2, -0.15) is 0 Å². The summed E-state index contributed by atoms with van der Waals surface area (Å²) >= 11 is 0. The van der Waals surface area contributed by atoms with Crippen molar-refractivity contribution < 1.29 is 0 Å². The molecule has 2 heteroatoms. The van der Waals surface area contributed by atoms with Crippen molar-refractivity contribution in [1.29, 1.82) is 0 Å². The highest BCUT2D eigenvalue weighted by atomic mass is 15.2. The van der Waals surface area contributed by atoms with Crippen molar-refractivity contribution in [2.45, 2.75) is 38.5 Å². The van der Waals surface area contributed by atoms with Crippen LogP contribution in [0.3, 0.4) is 0 Å². The van der Waals surface area contributed by atoms with Gasteiger partial charge in [0.2, 0.25) is 0 Å². The van der Waals surface area contributed by atoms with Crippen LogP contribution < -0.4 is 9.80 Å². The molecule has 0 aromatic heterocycles. The van der Waals surface area contributed by atoms with E-state index in [1.165, 1.54) is 112 Å². The molecule has 2 aliphatic heterocycles. The molecular weight excluding hydrogens is 749 g/mol. The predicted octanol–water partition coefficient (Wildman–Crippen LogP) is 16.4. The minimum atomic E-state index is -0.163. The zero-order chi connectivity index (χ0) is 41.7. The van der Waals surface area contributed by atoms with Gasteiger partial charge in [-0.3, -0.25) is 0 Å². The van der Waals surface area contributed by atoms with E-state index in [1.807, 2.05) is 0 Å². The molecule has 0 saturated heterocycles. The van der Waals surface area contributed by atoms with Gasteiger partial charge in [-0.25, -0.2) is 0 Å². The van der Waals surface area contributed by atoms with E-state index < -0.39 is 0 Å². The second-order valence-electron chi connectivity index (χ2n) is 18.2. The van der Waals surface area contributed by atoms with E-state index in [-0.39, 0.29) is 10.8 Å². The summed E-state index contributed by atoms with van der Waals surface area (Å²) in [5.74, 6) is 0. The quantitative estimate of drug-likeness (QED) is 0.164. The number of rotatable bonds is 4. The molecule has 0 spiro atoms. The summed E-state index contributed by atoms with van der Waals surface area (Å²) in [6, 6.07) is 63.0. The van der Waals surface area contributed by atoms with Gasteiger partial charge in [0.25, 0.3) is 0 Å². The molecule has 0 atom stereocenters. The monoisotopic (exact) mass is 794 g/mol. The van der Waals surface area contributed by atoms with E-state index in [0.29, 0.717) is 0 Å². The average molecular weight is 795 g/mol. The Morgan fingerprint density at radius 1 is 0.323 bits per heavy atom. The first kappa shape index (κ1) is 36.4. The highest BCUT2D eigenvalue weighted by molar-refractivity contribution is 5.96. The fourth-order valence-corrected chi connectivity index (χ4v) is 10.7. The molecule has 0 saturated carbocycles. The number of nitrogens with zero attached hydrogens (tertiary/aromatic N) is 2. The van der Waals surface area contributed by atoms with E-state index in [4.69, 9.17) is 0 Å². The molecule has 2 aliphatic carbocycles. The predicted molar refractivity (Wildman–Crippen MR) is 264 cm³/mol. The van der Waals surface area contributed by atoms with Crippen molar-refractivity contribution in [3.63, 3.8) is 0 Å². The smallest absolute Gasteiger partial charge is 0.0534 e. The van der Waals surface area contributed by atoms with Crippen LogP contribution in [0.25, 0.3) is 58.7 Å². The van der Waals surface area contributed by atoms with Gasteiger partial charge < -0.3 is 9.80 Å². The number of benzene rings is 8.